The minimum absolute atomic E-state index is 0.0365. The lowest BCUT2D eigenvalue weighted by molar-refractivity contribution is 0.176. The van der Waals surface area contributed by atoms with Crippen LogP contribution in [0.15, 0.2) is 0 Å². The van der Waals surface area contributed by atoms with E-state index in [1.54, 1.807) is 0 Å². The van der Waals surface area contributed by atoms with E-state index >= 15 is 0 Å². The molecule has 10 nitrogen and oxygen atoms in total. The highest BCUT2D eigenvalue weighted by Gasteiger charge is 2.27. The van der Waals surface area contributed by atoms with Gasteiger partial charge in [-0.3, -0.25) is 0 Å². The molecule has 0 amide bonds. The van der Waals surface area contributed by atoms with Crippen molar-refractivity contribution in [2.75, 3.05) is 49.1 Å². The Morgan fingerprint density at radius 1 is 0.633 bits per heavy atom. The molecule has 0 aliphatic carbocycles. The molecule has 30 heavy (non-hydrogen) atoms. The van der Waals surface area contributed by atoms with Crippen LogP contribution in [0.1, 0.15) is 62.4 Å². The number of aromatic nitrogens is 4. The second kappa shape index (κ2) is 9.34. The number of hydrogen-bond donors (Lipinski definition) is 4. The summed E-state index contributed by atoms with van der Waals surface area (Å²) in [5.74, 6) is 1.93. The second-order valence-corrected chi connectivity index (χ2v) is 8.11. The van der Waals surface area contributed by atoms with Crippen molar-refractivity contribution >= 4 is 22.7 Å². The monoisotopic (exact) mass is 416 g/mol. The molecule has 2 aliphatic heterocycles. The van der Waals surface area contributed by atoms with Crippen LogP contribution in [0.25, 0.3) is 11.0 Å². The van der Waals surface area contributed by atoms with E-state index in [9.17, 15) is 10.2 Å². The molecule has 2 aromatic rings. The molecule has 4 rings (SSSR count). The van der Waals surface area contributed by atoms with Gasteiger partial charge in [-0.1, -0.05) is 0 Å². The first-order valence-corrected chi connectivity index (χ1v) is 11.0. The Bertz CT molecular complexity index is 796. The van der Waals surface area contributed by atoms with Gasteiger partial charge in [0.05, 0.1) is 0 Å². The van der Waals surface area contributed by atoms with Crippen molar-refractivity contribution in [3.63, 3.8) is 0 Å². The highest BCUT2D eigenvalue weighted by atomic mass is 16.3. The summed E-state index contributed by atoms with van der Waals surface area (Å²) in [6.07, 6.45) is 4.74. The summed E-state index contributed by atoms with van der Waals surface area (Å²) in [4.78, 5) is 23.0. The first-order chi connectivity index (χ1) is 14.6. The Morgan fingerprint density at radius 2 is 1.00 bits per heavy atom. The van der Waals surface area contributed by atoms with Crippen LogP contribution in [0.2, 0.25) is 0 Å². The van der Waals surface area contributed by atoms with Gasteiger partial charge in [0.1, 0.15) is 23.2 Å². The summed E-state index contributed by atoms with van der Waals surface area (Å²) >= 11 is 0. The van der Waals surface area contributed by atoms with Crippen LogP contribution in [0, 0.1) is 0 Å². The van der Waals surface area contributed by atoms with Crippen LogP contribution >= 0.6 is 0 Å². The molecular formula is C20H32N8O2. The Hall–Kier alpha value is -2.14. The third-order valence-corrected chi connectivity index (χ3v) is 5.90. The van der Waals surface area contributed by atoms with Crippen molar-refractivity contribution < 1.29 is 10.2 Å². The molecule has 0 radical (unpaired) electrons. The van der Waals surface area contributed by atoms with Crippen LogP contribution in [-0.4, -0.2) is 69.4 Å². The van der Waals surface area contributed by atoms with Gasteiger partial charge >= 0.3 is 0 Å². The molecular weight excluding hydrogens is 384 g/mol. The van der Waals surface area contributed by atoms with Gasteiger partial charge < -0.3 is 31.5 Å². The van der Waals surface area contributed by atoms with Gasteiger partial charge in [-0.15, -0.1) is 0 Å². The molecule has 0 saturated carbocycles. The van der Waals surface area contributed by atoms with Crippen LogP contribution in [0.3, 0.4) is 0 Å². The van der Waals surface area contributed by atoms with Gasteiger partial charge in [-0.25, -0.2) is 19.9 Å². The lowest BCUT2D eigenvalue weighted by Gasteiger charge is -2.31. The van der Waals surface area contributed by atoms with E-state index in [0.717, 1.165) is 51.9 Å². The fourth-order valence-corrected chi connectivity index (χ4v) is 4.18. The number of piperidine rings is 2. The third kappa shape index (κ3) is 4.18. The fourth-order valence-electron chi connectivity index (χ4n) is 4.18. The van der Waals surface area contributed by atoms with Crippen LogP contribution in [0.4, 0.5) is 11.6 Å². The maximum Gasteiger partial charge on any atom is 0.161 e. The van der Waals surface area contributed by atoms with E-state index in [0.29, 0.717) is 34.3 Å². The normalized spacial score (nSPS) is 19.9. The Kier molecular flexibility index (Phi) is 6.57. The summed E-state index contributed by atoms with van der Waals surface area (Å²) in [6.45, 7) is 3.53. The second-order valence-electron chi connectivity index (χ2n) is 8.11. The van der Waals surface area contributed by atoms with Gasteiger partial charge in [-0.2, -0.15) is 0 Å². The Morgan fingerprint density at radius 3 is 1.33 bits per heavy atom. The first kappa shape index (κ1) is 21.1. The molecule has 2 atom stereocenters. The van der Waals surface area contributed by atoms with Gasteiger partial charge in [-0.05, 0) is 38.5 Å². The summed E-state index contributed by atoms with van der Waals surface area (Å²) in [5.41, 5.74) is 12.6. The van der Waals surface area contributed by atoms with Crippen LogP contribution < -0.4 is 21.3 Å². The van der Waals surface area contributed by atoms with Crippen molar-refractivity contribution in [3.8, 4) is 0 Å². The molecule has 164 valence electrons. The molecule has 6 N–H and O–H groups in total. The molecule has 2 saturated heterocycles. The zero-order chi connectivity index (χ0) is 21.1. The maximum absolute atomic E-state index is 10.4. The number of anilines is 2. The smallest absolute Gasteiger partial charge is 0.161 e. The van der Waals surface area contributed by atoms with Crippen molar-refractivity contribution in [2.24, 2.45) is 11.5 Å². The standard InChI is InChI=1S/C20H32N8O2/c21-11-13(29)17-24-16-15(19(25-17)27-7-3-1-4-8-27)23-18(14(30)12-22)26-20(16)28-9-5-2-6-10-28/h13-14,29-30H,1-12,21-22H2. The molecule has 2 unspecified atom stereocenters. The largest absolute Gasteiger partial charge is 0.384 e. The first-order valence-electron chi connectivity index (χ1n) is 11.0. The number of hydrogen-bond acceptors (Lipinski definition) is 10. The molecule has 4 heterocycles. The van der Waals surface area contributed by atoms with Crippen LogP contribution in [-0.2, 0) is 0 Å². The third-order valence-electron chi connectivity index (χ3n) is 5.90. The van der Waals surface area contributed by atoms with Crippen molar-refractivity contribution in [1.29, 1.82) is 0 Å². The average molecular weight is 417 g/mol. The molecule has 10 heteroatoms. The summed E-state index contributed by atoms with van der Waals surface area (Å²) in [5, 5.41) is 20.8. The lowest BCUT2D eigenvalue weighted by atomic mass is 10.1. The number of nitrogens with two attached hydrogens (primary N) is 2. The van der Waals surface area contributed by atoms with Crippen molar-refractivity contribution in [1.82, 2.24) is 19.9 Å². The fraction of sp³-hybridized carbons (Fsp3) is 0.700. The van der Waals surface area contributed by atoms with Gasteiger partial charge in [0.2, 0.25) is 0 Å². The summed E-state index contributed by atoms with van der Waals surface area (Å²) in [7, 11) is 0. The minimum atomic E-state index is -0.957. The zero-order valence-electron chi connectivity index (χ0n) is 17.4. The number of nitrogens with zero attached hydrogens (tertiary/aromatic N) is 6. The SMILES string of the molecule is NCC(O)c1nc(N2CCCCC2)c2nc(C(O)CN)nc(N3CCCCC3)c2n1. The lowest BCUT2D eigenvalue weighted by Crippen LogP contribution is -2.33. The van der Waals surface area contributed by atoms with E-state index in [1.807, 2.05) is 0 Å². The van der Waals surface area contributed by atoms with E-state index in [-0.39, 0.29) is 13.1 Å². The van der Waals surface area contributed by atoms with E-state index < -0.39 is 12.2 Å². The number of aliphatic hydroxyl groups is 2. The maximum atomic E-state index is 10.4. The molecule has 0 aromatic carbocycles. The molecule has 2 aromatic heterocycles. The summed E-state index contributed by atoms with van der Waals surface area (Å²) < 4.78 is 0. The molecule has 0 spiro atoms. The van der Waals surface area contributed by atoms with Gasteiger partial charge in [0.15, 0.2) is 23.3 Å². The van der Waals surface area contributed by atoms with E-state index in [2.05, 4.69) is 29.7 Å². The number of fused-ring (bicyclic) bond motifs is 1. The quantitative estimate of drug-likeness (QED) is 0.520. The predicted molar refractivity (Wildman–Crippen MR) is 115 cm³/mol. The van der Waals surface area contributed by atoms with E-state index in [1.165, 1.54) is 12.8 Å². The average Bonchev–Trinajstić information content (AvgIpc) is 2.82. The minimum Gasteiger partial charge on any atom is -0.384 e. The Balaban J connectivity index is 1.94. The zero-order valence-corrected chi connectivity index (χ0v) is 17.4. The van der Waals surface area contributed by atoms with Gasteiger partial charge in [0, 0.05) is 39.3 Å². The topological polar surface area (TPSA) is 151 Å². The number of rotatable bonds is 6. The molecule has 2 aliphatic rings. The van der Waals surface area contributed by atoms with Crippen LogP contribution in [0.5, 0.6) is 0 Å². The molecule has 0 bridgehead atoms. The number of aliphatic hydroxyl groups excluding tert-OH is 2. The van der Waals surface area contributed by atoms with E-state index in [4.69, 9.17) is 11.5 Å². The van der Waals surface area contributed by atoms with Crippen molar-refractivity contribution in [3.05, 3.63) is 11.6 Å². The van der Waals surface area contributed by atoms with Gasteiger partial charge in [0.25, 0.3) is 0 Å². The highest BCUT2D eigenvalue weighted by molar-refractivity contribution is 5.93. The molecule has 2 fully saturated rings. The van der Waals surface area contributed by atoms with Crippen molar-refractivity contribution in [2.45, 2.75) is 50.7 Å². The summed E-state index contributed by atoms with van der Waals surface area (Å²) in [6, 6.07) is 0. The highest BCUT2D eigenvalue weighted by Crippen LogP contribution is 2.33. The predicted octanol–water partition coefficient (Wildman–Crippen LogP) is 0.385. The Labute approximate surface area is 176 Å².